The molecule has 2 saturated heterocycles. The number of rotatable bonds is 4. The van der Waals surface area contributed by atoms with E-state index in [0.29, 0.717) is 25.1 Å². The summed E-state index contributed by atoms with van der Waals surface area (Å²) in [6, 6.07) is -0.507. The van der Waals surface area contributed by atoms with E-state index in [1.54, 1.807) is 4.68 Å². The predicted molar refractivity (Wildman–Crippen MR) is 72.4 cm³/mol. The van der Waals surface area contributed by atoms with E-state index >= 15 is 0 Å². The SMILES string of the molecule is NC(=O)c1cnn(C2CN(C3CCN(CC(F)(F)F)C3=O)C2)c1. The third-order valence-corrected chi connectivity index (χ3v) is 4.23. The van der Waals surface area contributed by atoms with Crippen molar-refractivity contribution < 1.29 is 22.8 Å². The van der Waals surface area contributed by atoms with Gasteiger partial charge < -0.3 is 10.6 Å². The average molecular weight is 331 g/mol. The summed E-state index contributed by atoms with van der Waals surface area (Å²) in [7, 11) is 0. The van der Waals surface area contributed by atoms with Crippen LogP contribution in [0.3, 0.4) is 0 Å². The summed E-state index contributed by atoms with van der Waals surface area (Å²) >= 11 is 0. The van der Waals surface area contributed by atoms with Crippen LogP contribution in [0, 0.1) is 0 Å². The first-order chi connectivity index (χ1) is 10.7. The molecular weight excluding hydrogens is 315 g/mol. The smallest absolute Gasteiger partial charge is 0.366 e. The van der Waals surface area contributed by atoms with Crippen LogP contribution in [0.2, 0.25) is 0 Å². The molecule has 1 aromatic heterocycles. The highest BCUT2D eigenvalue weighted by Crippen LogP contribution is 2.29. The van der Waals surface area contributed by atoms with Gasteiger partial charge in [-0.1, -0.05) is 0 Å². The fourth-order valence-corrected chi connectivity index (χ4v) is 3.01. The van der Waals surface area contributed by atoms with Crippen molar-refractivity contribution in [1.82, 2.24) is 19.6 Å². The van der Waals surface area contributed by atoms with Crippen molar-refractivity contribution in [3.8, 4) is 0 Å². The molecule has 10 heteroatoms. The Kier molecular flexibility index (Phi) is 3.78. The molecule has 2 fully saturated rings. The average Bonchev–Trinajstić information content (AvgIpc) is 2.97. The van der Waals surface area contributed by atoms with Crippen LogP contribution in [-0.2, 0) is 4.79 Å². The predicted octanol–water partition coefficient (Wildman–Crippen LogP) is 0.00190. The van der Waals surface area contributed by atoms with E-state index in [2.05, 4.69) is 5.10 Å². The lowest BCUT2D eigenvalue weighted by molar-refractivity contribution is -0.159. The molecule has 23 heavy (non-hydrogen) atoms. The fraction of sp³-hybridized carbons (Fsp3) is 0.615. The van der Waals surface area contributed by atoms with E-state index in [1.165, 1.54) is 12.4 Å². The summed E-state index contributed by atoms with van der Waals surface area (Å²) < 4.78 is 38.8. The molecule has 1 atom stereocenters. The Balaban J connectivity index is 1.55. The van der Waals surface area contributed by atoms with Crippen molar-refractivity contribution in [3.05, 3.63) is 18.0 Å². The van der Waals surface area contributed by atoms with E-state index in [0.717, 1.165) is 4.90 Å². The first-order valence-corrected chi connectivity index (χ1v) is 7.18. The number of primary amides is 1. The molecule has 0 saturated carbocycles. The summed E-state index contributed by atoms with van der Waals surface area (Å²) in [6.45, 7) is -0.0508. The first-order valence-electron chi connectivity index (χ1n) is 7.18. The quantitative estimate of drug-likeness (QED) is 0.842. The van der Waals surface area contributed by atoms with Crippen LogP contribution < -0.4 is 5.73 Å². The molecule has 1 unspecified atom stereocenters. The van der Waals surface area contributed by atoms with E-state index < -0.39 is 30.6 Å². The lowest BCUT2D eigenvalue weighted by Crippen LogP contribution is -2.55. The van der Waals surface area contributed by atoms with Gasteiger partial charge in [-0.25, -0.2) is 0 Å². The molecule has 2 N–H and O–H groups in total. The lowest BCUT2D eigenvalue weighted by atomic mass is 10.0. The maximum absolute atomic E-state index is 12.4. The molecule has 0 aliphatic carbocycles. The van der Waals surface area contributed by atoms with Gasteiger partial charge in [-0.15, -0.1) is 0 Å². The number of amides is 2. The van der Waals surface area contributed by atoms with E-state index in [4.69, 9.17) is 5.73 Å². The zero-order valence-electron chi connectivity index (χ0n) is 12.2. The molecule has 3 rings (SSSR count). The second-order valence-corrected chi connectivity index (χ2v) is 5.86. The molecule has 7 nitrogen and oxygen atoms in total. The van der Waals surface area contributed by atoms with Crippen LogP contribution in [0.1, 0.15) is 22.8 Å². The molecular formula is C13H16F3N5O2. The van der Waals surface area contributed by atoms with Crippen molar-refractivity contribution in [2.75, 3.05) is 26.2 Å². The Morgan fingerprint density at radius 2 is 2.09 bits per heavy atom. The third-order valence-electron chi connectivity index (χ3n) is 4.23. The summed E-state index contributed by atoms with van der Waals surface area (Å²) in [6.07, 6.45) is -1.07. The van der Waals surface area contributed by atoms with Gasteiger partial charge in [0.25, 0.3) is 5.91 Å². The molecule has 0 bridgehead atoms. The number of likely N-dealkylation sites (tertiary alicyclic amines) is 2. The number of alkyl halides is 3. The topological polar surface area (TPSA) is 84.5 Å². The number of aromatic nitrogens is 2. The molecule has 0 aromatic carbocycles. The van der Waals surface area contributed by atoms with Gasteiger partial charge in [-0.05, 0) is 6.42 Å². The van der Waals surface area contributed by atoms with Gasteiger partial charge in [-0.2, -0.15) is 18.3 Å². The molecule has 0 radical (unpaired) electrons. The second-order valence-electron chi connectivity index (χ2n) is 5.86. The summed E-state index contributed by atoms with van der Waals surface area (Å²) in [5.41, 5.74) is 5.46. The Morgan fingerprint density at radius 1 is 1.39 bits per heavy atom. The minimum Gasteiger partial charge on any atom is -0.366 e. The molecule has 3 heterocycles. The highest BCUT2D eigenvalue weighted by Gasteiger charge is 2.45. The number of halogens is 3. The van der Waals surface area contributed by atoms with Crippen molar-refractivity contribution in [2.24, 2.45) is 5.73 Å². The van der Waals surface area contributed by atoms with Crippen molar-refractivity contribution in [2.45, 2.75) is 24.7 Å². The van der Waals surface area contributed by atoms with Gasteiger partial charge in [0.2, 0.25) is 5.91 Å². The Hall–Kier alpha value is -2.10. The minimum absolute atomic E-state index is 0.00688. The molecule has 2 amide bonds. The number of nitrogens with zero attached hydrogens (tertiary/aromatic N) is 4. The summed E-state index contributed by atoms with van der Waals surface area (Å²) in [5, 5.41) is 4.05. The number of carbonyl (C=O) groups excluding carboxylic acids is 2. The van der Waals surface area contributed by atoms with Gasteiger partial charge >= 0.3 is 6.18 Å². The van der Waals surface area contributed by atoms with Gasteiger partial charge in [0.1, 0.15) is 6.54 Å². The van der Waals surface area contributed by atoms with E-state index in [9.17, 15) is 22.8 Å². The number of nitrogens with two attached hydrogens (primary N) is 1. The Morgan fingerprint density at radius 3 is 2.65 bits per heavy atom. The zero-order chi connectivity index (χ0) is 16.8. The first kappa shape index (κ1) is 15.8. The van der Waals surface area contributed by atoms with Crippen LogP contribution >= 0.6 is 0 Å². The Bertz CT molecular complexity index is 623. The normalized spacial score (nSPS) is 23.3. The maximum Gasteiger partial charge on any atom is 0.406 e. The fourth-order valence-electron chi connectivity index (χ4n) is 3.01. The second kappa shape index (κ2) is 5.52. The van der Waals surface area contributed by atoms with Crippen molar-refractivity contribution in [3.63, 3.8) is 0 Å². The van der Waals surface area contributed by atoms with Crippen LogP contribution in [0.5, 0.6) is 0 Å². The molecule has 2 aliphatic heterocycles. The van der Waals surface area contributed by atoms with Crippen LogP contribution in [-0.4, -0.2) is 69.8 Å². The highest BCUT2D eigenvalue weighted by molar-refractivity contribution is 5.92. The number of hydrogen-bond acceptors (Lipinski definition) is 4. The van der Waals surface area contributed by atoms with Crippen molar-refractivity contribution in [1.29, 1.82) is 0 Å². The largest absolute Gasteiger partial charge is 0.406 e. The van der Waals surface area contributed by atoms with E-state index in [1.807, 2.05) is 4.90 Å². The van der Waals surface area contributed by atoms with Gasteiger partial charge in [0.15, 0.2) is 0 Å². The molecule has 126 valence electrons. The highest BCUT2D eigenvalue weighted by atomic mass is 19.4. The molecule has 1 aromatic rings. The van der Waals surface area contributed by atoms with Crippen LogP contribution in [0.4, 0.5) is 13.2 Å². The Labute approximate surface area is 129 Å². The monoisotopic (exact) mass is 331 g/mol. The van der Waals surface area contributed by atoms with Crippen LogP contribution in [0.15, 0.2) is 12.4 Å². The zero-order valence-corrected chi connectivity index (χ0v) is 12.2. The standard InChI is InChI=1S/C13H16F3N5O2/c14-13(15,16)7-19-2-1-10(12(19)23)20-5-9(6-20)21-4-8(3-18-21)11(17)22/h3-4,9-10H,1-2,5-7H2,(H2,17,22). The van der Waals surface area contributed by atoms with Gasteiger partial charge in [0, 0.05) is 25.8 Å². The van der Waals surface area contributed by atoms with E-state index in [-0.39, 0.29) is 12.6 Å². The summed E-state index contributed by atoms with van der Waals surface area (Å²) in [4.78, 5) is 25.8. The lowest BCUT2D eigenvalue weighted by Gasteiger charge is -2.42. The maximum atomic E-state index is 12.4. The number of hydrogen-bond donors (Lipinski definition) is 1. The molecule has 0 spiro atoms. The van der Waals surface area contributed by atoms with Gasteiger partial charge in [0.05, 0.1) is 23.8 Å². The third kappa shape index (κ3) is 3.16. The molecule has 2 aliphatic rings. The van der Waals surface area contributed by atoms with Gasteiger partial charge in [-0.3, -0.25) is 19.2 Å². The summed E-state index contributed by atoms with van der Waals surface area (Å²) in [5.74, 6) is -1.04. The van der Waals surface area contributed by atoms with Crippen molar-refractivity contribution >= 4 is 11.8 Å². The minimum atomic E-state index is -4.37. The van der Waals surface area contributed by atoms with Crippen LogP contribution in [0.25, 0.3) is 0 Å². The number of carbonyl (C=O) groups is 2.